The smallest absolute Gasteiger partial charge is 0.341 e. The first-order chi connectivity index (χ1) is 10.1. The van der Waals surface area contributed by atoms with Gasteiger partial charge in [-0.05, 0) is 0 Å². The van der Waals surface area contributed by atoms with Crippen molar-refractivity contribution in [2.75, 3.05) is 28.4 Å². The van der Waals surface area contributed by atoms with Gasteiger partial charge in [-0.15, -0.1) is 0 Å². The number of esters is 1. The first-order valence-electron chi connectivity index (χ1n) is 6.08. The molecule has 0 aliphatic carbocycles. The molecule has 116 valence electrons. The number of hydrogen-bond acceptors (Lipinski definition) is 6. The molecule has 6 nitrogen and oxygen atoms in total. The molecule has 0 saturated carbocycles. The van der Waals surface area contributed by atoms with E-state index in [1.165, 1.54) is 34.7 Å². The second kappa shape index (κ2) is 7.98. The van der Waals surface area contributed by atoms with Gasteiger partial charge < -0.3 is 23.5 Å². The van der Waals surface area contributed by atoms with Crippen LogP contribution in [0.5, 0.6) is 0 Å². The highest BCUT2D eigenvalue weighted by Crippen LogP contribution is 2.40. The maximum atomic E-state index is 11.9. The largest absolute Gasteiger partial charge is 0.503 e. The highest BCUT2D eigenvalue weighted by Gasteiger charge is 2.35. The Morgan fingerprint density at radius 2 is 1.76 bits per heavy atom. The van der Waals surface area contributed by atoms with Gasteiger partial charge in [0.25, 0.3) is 0 Å². The van der Waals surface area contributed by atoms with Crippen LogP contribution in [0.25, 0.3) is 5.57 Å². The fraction of sp³-hybridized carbons (Fsp3) is 0.357. The van der Waals surface area contributed by atoms with E-state index < -0.39 is 20.0 Å². The molecular formula is C14H19O6P. The average molecular weight is 314 g/mol. The zero-order chi connectivity index (χ0) is 15.9. The third-order valence-corrected chi connectivity index (χ3v) is 4.09. The number of ether oxygens (including phenoxy) is 4. The molecule has 0 heterocycles. The van der Waals surface area contributed by atoms with Crippen LogP contribution in [-0.4, -0.2) is 34.4 Å². The van der Waals surface area contributed by atoms with E-state index in [-0.39, 0.29) is 5.57 Å². The van der Waals surface area contributed by atoms with E-state index in [0.717, 1.165) is 0 Å². The normalized spacial score (nSPS) is 12.7. The summed E-state index contributed by atoms with van der Waals surface area (Å²) in [5.41, 5.74) is -0.286. The lowest BCUT2D eigenvalue weighted by Gasteiger charge is -2.28. The fourth-order valence-corrected chi connectivity index (χ4v) is 2.51. The Bertz CT molecular complexity index is 536. The zero-order valence-electron chi connectivity index (χ0n) is 12.4. The zero-order valence-corrected chi connectivity index (χ0v) is 13.6. The molecule has 1 unspecified atom stereocenters. The summed E-state index contributed by atoms with van der Waals surface area (Å²) in [6.07, 6.45) is 1.26. The van der Waals surface area contributed by atoms with E-state index >= 15 is 0 Å². The van der Waals surface area contributed by atoms with Crippen molar-refractivity contribution < 1.29 is 28.3 Å². The highest BCUT2D eigenvalue weighted by molar-refractivity contribution is 7.24. The molecule has 0 fully saturated rings. The minimum Gasteiger partial charge on any atom is -0.503 e. The predicted octanol–water partition coefficient (Wildman–Crippen LogP) is 2.01. The van der Waals surface area contributed by atoms with Crippen LogP contribution in [0.4, 0.5) is 0 Å². The van der Waals surface area contributed by atoms with Gasteiger partial charge in [-0.25, -0.2) is 4.79 Å². The van der Waals surface area contributed by atoms with E-state index in [4.69, 9.17) is 18.9 Å². The second-order valence-corrected chi connectivity index (χ2v) is 4.99. The summed E-state index contributed by atoms with van der Waals surface area (Å²) in [6, 6.07) is 6.84. The lowest BCUT2D eigenvalue weighted by molar-refractivity contribution is -0.145. The van der Waals surface area contributed by atoms with Gasteiger partial charge in [0.05, 0.1) is 20.5 Å². The van der Waals surface area contributed by atoms with Crippen LogP contribution < -0.4 is 0 Å². The summed E-state index contributed by atoms with van der Waals surface area (Å²) >= 11 is 0. The summed E-state index contributed by atoms with van der Waals surface area (Å²) in [5, 5.41) is 0. The Morgan fingerprint density at radius 3 is 2.24 bits per heavy atom. The molecule has 0 amide bonds. The molecule has 0 radical (unpaired) electrons. The summed E-state index contributed by atoms with van der Waals surface area (Å²) in [4.78, 5) is 11.9. The van der Waals surface area contributed by atoms with Gasteiger partial charge in [-0.1, -0.05) is 24.3 Å². The van der Waals surface area contributed by atoms with E-state index in [1.54, 1.807) is 24.3 Å². The van der Waals surface area contributed by atoms with E-state index in [1.807, 2.05) is 0 Å². The minimum absolute atomic E-state index is 0.182. The summed E-state index contributed by atoms with van der Waals surface area (Å²) in [7, 11) is 4.01. The molecule has 0 aliphatic rings. The predicted molar refractivity (Wildman–Crippen MR) is 79.5 cm³/mol. The number of benzene rings is 1. The fourth-order valence-electron chi connectivity index (χ4n) is 1.93. The first kappa shape index (κ1) is 17.4. The summed E-state index contributed by atoms with van der Waals surface area (Å²) in [5.74, 6) is -0.577. The van der Waals surface area contributed by atoms with Gasteiger partial charge >= 0.3 is 5.97 Å². The Labute approximate surface area is 124 Å². The Hall–Kier alpha value is -1.62. The number of hydrogen-bond donors (Lipinski definition) is 0. The molecule has 1 atom stereocenters. The second-order valence-electron chi connectivity index (χ2n) is 4.00. The Kier molecular flexibility index (Phi) is 6.62. The SMILES string of the molecule is COC=C(C(=O)OC)c1ccccc1C(OC)(OC)[PH2]=O. The van der Waals surface area contributed by atoms with Gasteiger partial charge in [0.1, 0.15) is 14.0 Å². The highest BCUT2D eigenvalue weighted by atomic mass is 31.1. The van der Waals surface area contributed by atoms with Crippen molar-refractivity contribution >= 4 is 20.0 Å². The monoisotopic (exact) mass is 314 g/mol. The standard InChI is InChI=1S/C14H19O6P/c1-17-9-11(13(15)18-2)10-7-5-6-8-12(10)14(19-3,20-4)21-16/h5-9H,21H2,1-4H3. The van der Waals surface area contributed by atoms with Crippen molar-refractivity contribution in [1.29, 1.82) is 0 Å². The van der Waals surface area contributed by atoms with Crippen molar-refractivity contribution in [3.8, 4) is 0 Å². The van der Waals surface area contributed by atoms with Gasteiger partial charge in [0.2, 0.25) is 5.53 Å². The van der Waals surface area contributed by atoms with Gasteiger partial charge in [0, 0.05) is 25.3 Å². The van der Waals surface area contributed by atoms with Crippen molar-refractivity contribution in [3.05, 3.63) is 41.7 Å². The van der Waals surface area contributed by atoms with Crippen molar-refractivity contribution in [2.45, 2.75) is 5.53 Å². The number of carbonyl (C=O) groups excluding carboxylic acids is 1. The van der Waals surface area contributed by atoms with Crippen molar-refractivity contribution in [2.24, 2.45) is 0 Å². The Balaban J connectivity index is 3.54. The van der Waals surface area contributed by atoms with Crippen LogP contribution in [0.15, 0.2) is 30.5 Å². The number of rotatable bonds is 7. The molecule has 0 spiro atoms. The van der Waals surface area contributed by atoms with Gasteiger partial charge in [-0.2, -0.15) is 0 Å². The third kappa shape index (κ3) is 3.53. The summed E-state index contributed by atoms with van der Waals surface area (Å²) in [6.45, 7) is 0. The van der Waals surface area contributed by atoms with Crippen LogP contribution in [0, 0.1) is 0 Å². The third-order valence-electron chi connectivity index (χ3n) is 3.00. The lowest BCUT2D eigenvalue weighted by atomic mass is 10.00. The molecule has 0 N–H and O–H groups in total. The molecule has 21 heavy (non-hydrogen) atoms. The molecule has 1 aromatic carbocycles. The Morgan fingerprint density at radius 1 is 1.14 bits per heavy atom. The van der Waals surface area contributed by atoms with Crippen LogP contribution in [0.1, 0.15) is 11.1 Å². The summed E-state index contributed by atoms with van der Waals surface area (Å²) < 4.78 is 31.9. The first-order valence-corrected chi connectivity index (χ1v) is 7.12. The maximum absolute atomic E-state index is 11.9. The topological polar surface area (TPSA) is 71.1 Å². The molecule has 0 aromatic heterocycles. The van der Waals surface area contributed by atoms with Crippen LogP contribution in [0.2, 0.25) is 0 Å². The molecule has 7 heteroatoms. The van der Waals surface area contributed by atoms with Crippen LogP contribution in [0.3, 0.4) is 0 Å². The van der Waals surface area contributed by atoms with E-state index in [0.29, 0.717) is 11.1 Å². The molecule has 0 saturated heterocycles. The average Bonchev–Trinajstić information content (AvgIpc) is 2.55. The molecule has 1 rings (SSSR count). The van der Waals surface area contributed by atoms with Crippen LogP contribution in [-0.2, 0) is 33.8 Å². The van der Waals surface area contributed by atoms with E-state index in [2.05, 4.69) is 0 Å². The molecular weight excluding hydrogens is 295 g/mol. The van der Waals surface area contributed by atoms with Gasteiger partial charge in [-0.3, -0.25) is 0 Å². The maximum Gasteiger partial charge on any atom is 0.341 e. The quantitative estimate of drug-likeness (QED) is 0.252. The molecule has 0 aliphatic heterocycles. The number of methoxy groups -OCH3 is 4. The molecule has 1 aromatic rings. The van der Waals surface area contributed by atoms with Crippen molar-refractivity contribution in [3.63, 3.8) is 0 Å². The molecule has 0 bridgehead atoms. The minimum atomic E-state index is -1.46. The van der Waals surface area contributed by atoms with Crippen molar-refractivity contribution in [1.82, 2.24) is 0 Å². The van der Waals surface area contributed by atoms with E-state index in [9.17, 15) is 9.36 Å². The number of carbonyl (C=O) groups is 1. The van der Waals surface area contributed by atoms with Crippen LogP contribution >= 0.6 is 8.46 Å². The van der Waals surface area contributed by atoms with Gasteiger partial charge in [0.15, 0.2) is 0 Å². The lowest BCUT2D eigenvalue weighted by Crippen LogP contribution is -2.26.